The summed E-state index contributed by atoms with van der Waals surface area (Å²) in [5, 5.41) is 6.17. The number of halogens is 2. The zero-order valence-electron chi connectivity index (χ0n) is 15.8. The molecule has 5 rings (SSSR count). The molecule has 0 N–H and O–H groups in total. The maximum atomic E-state index is 13.6. The fraction of sp³-hybridized carbons (Fsp3) is 0.286. The van der Waals surface area contributed by atoms with E-state index in [1.807, 2.05) is 43.6 Å². The van der Waals surface area contributed by atoms with Crippen LogP contribution in [0.5, 0.6) is 0 Å². The molecule has 3 heterocycles. The Hall–Kier alpha value is -2.87. The maximum absolute atomic E-state index is 13.6. The Bertz CT molecular complexity index is 1270. The average molecular weight is 413 g/mol. The van der Waals surface area contributed by atoms with Gasteiger partial charge in [0, 0.05) is 46.9 Å². The molecule has 1 fully saturated rings. The summed E-state index contributed by atoms with van der Waals surface area (Å²) >= 11 is 1.39. The van der Waals surface area contributed by atoms with Crippen LogP contribution in [0, 0.1) is 0 Å². The molecule has 0 aliphatic heterocycles. The van der Waals surface area contributed by atoms with Crippen LogP contribution in [0.2, 0.25) is 0 Å². The third kappa shape index (κ3) is 3.07. The van der Waals surface area contributed by atoms with Gasteiger partial charge in [0.1, 0.15) is 0 Å². The van der Waals surface area contributed by atoms with Gasteiger partial charge in [0.15, 0.2) is 11.2 Å². The van der Waals surface area contributed by atoms with Crippen molar-refractivity contribution in [3.05, 3.63) is 47.6 Å². The first-order chi connectivity index (χ1) is 13.7. The Morgan fingerprint density at radius 1 is 1.17 bits per heavy atom. The van der Waals surface area contributed by atoms with E-state index in [0.29, 0.717) is 10.5 Å². The molecule has 0 saturated heterocycles. The van der Waals surface area contributed by atoms with Gasteiger partial charge < -0.3 is 4.74 Å². The number of aryl methyl sites for hydroxylation is 1. The molecule has 0 amide bonds. The minimum atomic E-state index is -2.80. The number of carbonyl (C=O) groups excluding carboxylic acids is 1. The summed E-state index contributed by atoms with van der Waals surface area (Å²) in [6.45, 7) is 1.26. The summed E-state index contributed by atoms with van der Waals surface area (Å²) in [5.41, 5.74) is 1.39. The van der Waals surface area contributed by atoms with Crippen molar-refractivity contribution in [3.63, 3.8) is 0 Å². The molecule has 4 aromatic rings. The Morgan fingerprint density at radius 2 is 1.97 bits per heavy atom. The second-order valence-electron chi connectivity index (χ2n) is 7.60. The number of esters is 1. The highest BCUT2D eigenvalue weighted by Crippen LogP contribution is 2.56. The molecule has 148 valence electrons. The number of hydrogen-bond donors (Lipinski definition) is 0. The first kappa shape index (κ1) is 18.2. The molecule has 29 heavy (non-hydrogen) atoms. The monoisotopic (exact) mass is 413 g/mol. The van der Waals surface area contributed by atoms with Crippen molar-refractivity contribution >= 4 is 38.4 Å². The maximum Gasteiger partial charge on any atom is 0.303 e. The van der Waals surface area contributed by atoms with Crippen LogP contribution in [-0.4, -0.2) is 26.7 Å². The van der Waals surface area contributed by atoms with E-state index in [-0.39, 0.29) is 0 Å². The summed E-state index contributed by atoms with van der Waals surface area (Å²) < 4.78 is 35.3. The molecule has 5 nitrogen and oxygen atoms in total. The number of nitrogens with zero attached hydrogens (tertiary/aromatic N) is 3. The molecule has 1 saturated carbocycles. The molecular weight excluding hydrogens is 396 g/mol. The lowest BCUT2D eigenvalue weighted by Crippen LogP contribution is -2.51. The number of carbonyl (C=O) groups is 1. The van der Waals surface area contributed by atoms with E-state index in [1.165, 1.54) is 18.3 Å². The number of fused-ring (bicyclic) bond motifs is 2. The van der Waals surface area contributed by atoms with Crippen molar-refractivity contribution in [2.75, 3.05) is 0 Å². The number of thiophene rings is 1. The topological polar surface area (TPSA) is 57.0 Å². The van der Waals surface area contributed by atoms with Gasteiger partial charge in [-0.1, -0.05) is 12.1 Å². The van der Waals surface area contributed by atoms with Gasteiger partial charge >= 0.3 is 5.97 Å². The van der Waals surface area contributed by atoms with Crippen molar-refractivity contribution in [2.24, 2.45) is 7.05 Å². The summed E-state index contributed by atoms with van der Waals surface area (Å²) in [4.78, 5) is 16.6. The zero-order valence-corrected chi connectivity index (χ0v) is 16.6. The third-order valence-electron chi connectivity index (χ3n) is 5.20. The van der Waals surface area contributed by atoms with Crippen LogP contribution in [0.1, 0.15) is 24.6 Å². The Balaban J connectivity index is 1.55. The predicted octanol–water partition coefficient (Wildman–Crippen LogP) is 5.04. The zero-order chi connectivity index (χ0) is 20.4. The first-order valence-corrected chi connectivity index (χ1v) is 9.96. The number of benzene rings is 1. The smallest absolute Gasteiger partial charge is 0.303 e. The van der Waals surface area contributed by atoms with Crippen LogP contribution in [0.3, 0.4) is 0 Å². The Labute approximate surface area is 168 Å². The lowest BCUT2D eigenvalue weighted by Gasteiger charge is -2.45. The largest absolute Gasteiger partial charge is 0.453 e. The molecule has 3 aromatic heterocycles. The van der Waals surface area contributed by atoms with Crippen LogP contribution in [0.25, 0.3) is 32.2 Å². The minimum absolute atomic E-state index is 0.471. The van der Waals surface area contributed by atoms with Gasteiger partial charge in [-0.2, -0.15) is 5.10 Å². The first-order valence-electron chi connectivity index (χ1n) is 9.14. The number of aromatic nitrogens is 3. The van der Waals surface area contributed by atoms with Gasteiger partial charge in [0.05, 0.1) is 12.8 Å². The van der Waals surface area contributed by atoms with E-state index in [0.717, 1.165) is 26.6 Å². The van der Waals surface area contributed by atoms with Crippen molar-refractivity contribution in [1.29, 1.82) is 0 Å². The summed E-state index contributed by atoms with van der Waals surface area (Å²) in [5.74, 6) is -3.35. The Kier molecular flexibility index (Phi) is 3.80. The fourth-order valence-electron chi connectivity index (χ4n) is 3.98. The standard InChI is InChI=1S/C21H17F2N3O2S/c1-12(27)28-20(10-21(22,23)11-20)18-7-14-4-3-13(6-17(14)29-18)15-5-16-9-26(2)25-19(16)24-8-15/h3-9H,10-11H2,1-2H3. The minimum Gasteiger partial charge on any atom is -0.453 e. The molecule has 0 unspecified atom stereocenters. The van der Waals surface area contributed by atoms with Gasteiger partial charge in [-0.05, 0) is 29.1 Å². The van der Waals surface area contributed by atoms with Crippen molar-refractivity contribution in [1.82, 2.24) is 14.8 Å². The normalized spacial score (nSPS) is 17.4. The van der Waals surface area contributed by atoms with E-state index in [4.69, 9.17) is 4.74 Å². The molecule has 1 aliphatic rings. The van der Waals surface area contributed by atoms with Gasteiger partial charge in [-0.3, -0.25) is 9.48 Å². The van der Waals surface area contributed by atoms with Crippen LogP contribution in [-0.2, 0) is 22.2 Å². The number of pyridine rings is 1. The van der Waals surface area contributed by atoms with E-state index in [1.54, 1.807) is 10.9 Å². The van der Waals surface area contributed by atoms with Crippen molar-refractivity contribution in [3.8, 4) is 11.1 Å². The number of alkyl halides is 2. The van der Waals surface area contributed by atoms with Crippen molar-refractivity contribution < 1.29 is 18.3 Å². The second kappa shape index (κ2) is 6.06. The van der Waals surface area contributed by atoms with Gasteiger partial charge in [-0.15, -0.1) is 11.3 Å². The lowest BCUT2D eigenvalue weighted by atomic mass is 9.75. The molecule has 0 radical (unpaired) electrons. The number of ether oxygens (including phenoxy) is 1. The molecule has 8 heteroatoms. The van der Waals surface area contributed by atoms with Crippen LogP contribution >= 0.6 is 11.3 Å². The van der Waals surface area contributed by atoms with Crippen molar-refractivity contribution in [2.45, 2.75) is 31.3 Å². The van der Waals surface area contributed by atoms with E-state index in [9.17, 15) is 13.6 Å². The fourth-order valence-corrected chi connectivity index (χ4v) is 5.21. The summed E-state index contributed by atoms with van der Waals surface area (Å²) in [7, 11) is 1.85. The molecule has 1 aromatic carbocycles. The SMILES string of the molecule is CC(=O)OC1(c2cc3ccc(-c4cnc5nn(C)cc5c4)cc3s2)CC(F)(F)C1. The number of rotatable bonds is 3. The van der Waals surface area contributed by atoms with E-state index >= 15 is 0 Å². The third-order valence-corrected chi connectivity index (χ3v) is 6.49. The van der Waals surface area contributed by atoms with Gasteiger partial charge in [0.25, 0.3) is 5.92 Å². The molecule has 0 bridgehead atoms. The molecule has 1 aliphatic carbocycles. The van der Waals surface area contributed by atoms with Crippen LogP contribution in [0.15, 0.2) is 42.7 Å². The van der Waals surface area contributed by atoms with E-state index in [2.05, 4.69) is 10.1 Å². The summed E-state index contributed by atoms with van der Waals surface area (Å²) in [6.07, 6.45) is 2.74. The highest BCUT2D eigenvalue weighted by atomic mass is 32.1. The quantitative estimate of drug-likeness (QED) is 0.442. The van der Waals surface area contributed by atoms with E-state index < -0.39 is 30.3 Å². The van der Waals surface area contributed by atoms with Gasteiger partial charge in [-0.25, -0.2) is 13.8 Å². The van der Waals surface area contributed by atoms with Crippen LogP contribution < -0.4 is 0 Å². The predicted molar refractivity (Wildman–Crippen MR) is 107 cm³/mol. The Morgan fingerprint density at radius 3 is 2.69 bits per heavy atom. The highest BCUT2D eigenvalue weighted by Gasteiger charge is 2.60. The average Bonchev–Trinajstić information content (AvgIpc) is 3.20. The highest BCUT2D eigenvalue weighted by molar-refractivity contribution is 7.19. The molecular formula is C21H17F2N3O2S. The molecule has 0 atom stereocenters. The summed E-state index contributed by atoms with van der Waals surface area (Å²) in [6, 6.07) is 9.83. The molecule has 0 spiro atoms. The van der Waals surface area contributed by atoms with Gasteiger partial charge in [0.2, 0.25) is 0 Å². The van der Waals surface area contributed by atoms with Crippen LogP contribution in [0.4, 0.5) is 8.78 Å². The lowest BCUT2D eigenvalue weighted by molar-refractivity contribution is -0.228. The number of hydrogen-bond acceptors (Lipinski definition) is 5. The second-order valence-corrected chi connectivity index (χ2v) is 8.68.